The summed E-state index contributed by atoms with van der Waals surface area (Å²) in [6.07, 6.45) is 0. The minimum atomic E-state index is 0.241. The highest BCUT2D eigenvalue weighted by Crippen LogP contribution is 2.49. The van der Waals surface area contributed by atoms with Gasteiger partial charge in [0.15, 0.2) is 5.58 Å². The van der Waals surface area contributed by atoms with Crippen LogP contribution in [0.25, 0.3) is 82.8 Å². The molecule has 8 aromatic carbocycles. The molecule has 0 fully saturated rings. The number of nitrogens with zero attached hydrogens (tertiary/aromatic N) is 1. The average Bonchev–Trinajstić information content (AvgIpc) is 3.86. The molecule has 2 aromatic heterocycles. The summed E-state index contributed by atoms with van der Waals surface area (Å²) >= 11 is 0. The second-order valence-electron chi connectivity index (χ2n) is 13.7. The first-order valence-corrected chi connectivity index (χ1v) is 17.6. The van der Waals surface area contributed by atoms with E-state index in [2.05, 4.69) is 180 Å². The standard InChI is InChI=1S/C49H31NO/c1-3-12-31(13-4-1)33-16-11-17-36(28-33)50-45-27-23-35(30-44(45)41-25-26-42-38-19-9-10-21-46(38)51-49(42)48(41)50)34-22-24-40-43(29-34)37-18-7-8-20-39(37)47(40)32-14-5-2-6-15-32/h1-30,47H. The summed E-state index contributed by atoms with van der Waals surface area (Å²) in [6.45, 7) is 0. The summed E-state index contributed by atoms with van der Waals surface area (Å²) in [7, 11) is 0. The zero-order chi connectivity index (χ0) is 33.5. The molecule has 0 N–H and O–H groups in total. The molecule has 0 bridgehead atoms. The van der Waals surface area contributed by atoms with Crippen LogP contribution >= 0.6 is 0 Å². The van der Waals surface area contributed by atoms with Crippen LogP contribution in [0.2, 0.25) is 0 Å². The van der Waals surface area contributed by atoms with Gasteiger partial charge in [0.25, 0.3) is 0 Å². The maximum atomic E-state index is 6.70. The number of aromatic nitrogens is 1. The Morgan fingerprint density at radius 2 is 1.10 bits per heavy atom. The summed E-state index contributed by atoms with van der Waals surface area (Å²) < 4.78 is 9.09. The van der Waals surface area contributed by atoms with Crippen molar-refractivity contribution in [2.45, 2.75) is 5.92 Å². The minimum Gasteiger partial charge on any atom is -0.454 e. The first-order chi connectivity index (χ1) is 25.3. The number of fused-ring (bicyclic) bond motifs is 10. The Hall–Kier alpha value is -6.64. The van der Waals surface area contributed by atoms with E-state index in [1.807, 2.05) is 6.07 Å². The molecule has 2 heterocycles. The molecule has 0 saturated heterocycles. The van der Waals surface area contributed by atoms with Crippen molar-refractivity contribution in [3.8, 4) is 39.1 Å². The molecular weight excluding hydrogens is 619 g/mol. The van der Waals surface area contributed by atoms with E-state index < -0.39 is 0 Å². The van der Waals surface area contributed by atoms with Crippen molar-refractivity contribution in [2.75, 3.05) is 0 Å². The second-order valence-corrected chi connectivity index (χ2v) is 13.7. The monoisotopic (exact) mass is 649 g/mol. The number of hydrogen-bond donors (Lipinski definition) is 0. The van der Waals surface area contributed by atoms with E-state index >= 15 is 0 Å². The first-order valence-electron chi connectivity index (χ1n) is 17.6. The molecule has 0 radical (unpaired) electrons. The van der Waals surface area contributed by atoms with Crippen LogP contribution in [0.15, 0.2) is 186 Å². The van der Waals surface area contributed by atoms with Gasteiger partial charge in [-0.1, -0.05) is 140 Å². The minimum absolute atomic E-state index is 0.241. The Balaban J connectivity index is 1.14. The quantitative estimate of drug-likeness (QED) is 0.186. The fourth-order valence-electron chi connectivity index (χ4n) is 8.57. The van der Waals surface area contributed by atoms with Crippen LogP contribution in [0.5, 0.6) is 0 Å². The van der Waals surface area contributed by atoms with Gasteiger partial charge in [-0.2, -0.15) is 0 Å². The van der Waals surface area contributed by atoms with E-state index in [0.29, 0.717) is 0 Å². The van der Waals surface area contributed by atoms with Gasteiger partial charge in [0.1, 0.15) is 5.58 Å². The molecule has 0 amide bonds. The predicted octanol–water partition coefficient (Wildman–Crippen LogP) is 13.2. The lowest BCUT2D eigenvalue weighted by Crippen LogP contribution is -1.98. The Bertz CT molecular complexity index is 2970. The largest absolute Gasteiger partial charge is 0.454 e. The molecule has 2 nitrogen and oxygen atoms in total. The predicted molar refractivity (Wildman–Crippen MR) is 212 cm³/mol. The second kappa shape index (κ2) is 10.9. The SMILES string of the molecule is c1ccc(-c2cccc(-n3c4ccc(-c5ccc6c(c5)-c5ccccc5C6c5ccccc5)cc4c4ccc5c6ccccc6oc5c43)c2)cc1. The van der Waals surface area contributed by atoms with Gasteiger partial charge in [-0.05, 0) is 92.5 Å². The van der Waals surface area contributed by atoms with Gasteiger partial charge in [0.2, 0.25) is 0 Å². The van der Waals surface area contributed by atoms with Gasteiger partial charge < -0.3 is 8.98 Å². The van der Waals surface area contributed by atoms with Crippen molar-refractivity contribution in [2.24, 2.45) is 0 Å². The van der Waals surface area contributed by atoms with Crippen molar-refractivity contribution in [3.63, 3.8) is 0 Å². The molecule has 1 aliphatic rings. The topological polar surface area (TPSA) is 18.1 Å². The van der Waals surface area contributed by atoms with Crippen LogP contribution in [0.1, 0.15) is 22.6 Å². The molecule has 0 spiro atoms. The lowest BCUT2D eigenvalue weighted by atomic mass is 9.89. The van der Waals surface area contributed by atoms with Crippen LogP contribution in [-0.4, -0.2) is 4.57 Å². The van der Waals surface area contributed by atoms with E-state index in [9.17, 15) is 0 Å². The molecule has 0 saturated carbocycles. The van der Waals surface area contributed by atoms with Gasteiger partial charge in [-0.25, -0.2) is 0 Å². The van der Waals surface area contributed by atoms with Gasteiger partial charge in [0, 0.05) is 33.2 Å². The van der Waals surface area contributed by atoms with Crippen LogP contribution in [0.4, 0.5) is 0 Å². The zero-order valence-electron chi connectivity index (χ0n) is 27.8. The molecule has 0 aliphatic heterocycles. The Labute approximate surface area is 295 Å². The molecule has 238 valence electrons. The molecule has 51 heavy (non-hydrogen) atoms. The Morgan fingerprint density at radius 3 is 2.00 bits per heavy atom. The fourth-order valence-corrected chi connectivity index (χ4v) is 8.57. The highest BCUT2D eigenvalue weighted by atomic mass is 16.3. The van der Waals surface area contributed by atoms with Crippen LogP contribution in [-0.2, 0) is 0 Å². The van der Waals surface area contributed by atoms with E-state index in [-0.39, 0.29) is 5.92 Å². The van der Waals surface area contributed by atoms with E-state index in [0.717, 1.165) is 38.7 Å². The van der Waals surface area contributed by atoms with E-state index in [1.54, 1.807) is 0 Å². The number of rotatable bonds is 4. The molecule has 1 aliphatic carbocycles. The van der Waals surface area contributed by atoms with Gasteiger partial charge in [0.05, 0.1) is 11.0 Å². The summed E-state index contributed by atoms with van der Waals surface area (Å²) in [5.74, 6) is 0.241. The smallest absolute Gasteiger partial charge is 0.160 e. The molecule has 10 aromatic rings. The molecule has 1 atom stereocenters. The van der Waals surface area contributed by atoms with Gasteiger partial charge in [-0.15, -0.1) is 0 Å². The highest BCUT2D eigenvalue weighted by molar-refractivity contribution is 6.22. The summed E-state index contributed by atoms with van der Waals surface area (Å²) in [6, 6.07) is 66.1. The lowest BCUT2D eigenvalue weighted by Gasteiger charge is -2.14. The maximum absolute atomic E-state index is 6.70. The van der Waals surface area contributed by atoms with E-state index in [4.69, 9.17) is 4.42 Å². The Kier molecular flexibility index (Phi) is 6.05. The Morgan fingerprint density at radius 1 is 0.412 bits per heavy atom. The molecule has 2 heteroatoms. The molecule has 1 unspecified atom stereocenters. The summed E-state index contributed by atoms with van der Waals surface area (Å²) in [5, 5.41) is 4.65. The zero-order valence-corrected chi connectivity index (χ0v) is 27.8. The van der Waals surface area contributed by atoms with Gasteiger partial charge >= 0.3 is 0 Å². The third-order valence-corrected chi connectivity index (χ3v) is 10.9. The third kappa shape index (κ3) is 4.23. The third-order valence-electron chi connectivity index (χ3n) is 10.9. The van der Waals surface area contributed by atoms with Crippen LogP contribution in [0.3, 0.4) is 0 Å². The van der Waals surface area contributed by atoms with Crippen molar-refractivity contribution >= 4 is 43.7 Å². The highest BCUT2D eigenvalue weighted by Gasteiger charge is 2.30. The number of furan rings is 1. The van der Waals surface area contributed by atoms with Crippen LogP contribution in [0, 0.1) is 0 Å². The van der Waals surface area contributed by atoms with Crippen LogP contribution < -0.4 is 0 Å². The summed E-state index contributed by atoms with van der Waals surface area (Å²) in [4.78, 5) is 0. The molecular formula is C49H31NO. The lowest BCUT2D eigenvalue weighted by molar-refractivity contribution is 0.671. The van der Waals surface area contributed by atoms with Crippen molar-refractivity contribution in [1.29, 1.82) is 0 Å². The first kappa shape index (κ1) is 28.2. The molecule has 11 rings (SSSR count). The van der Waals surface area contributed by atoms with Crippen molar-refractivity contribution in [1.82, 2.24) is 4.57 Å². The van der Waals surface area contributed by atoms with E-state index in [1.165, 1.54) is 60.8 Å². The average molecular weight is 650 g/mol. The van der Waals surface area contributed by atoms with Crippen molar-refractivity contribution < 1.29 is 4.42 Å². The number of hydrogen-bond acceptors (Lipinski definition) is 1. The normalized spacial score (nSPS) is 13.7. The maximum Gasteiger partial charge on any atom is 0.160 e. The number of benzene rings is 8. The number of para-hydroxylation sites is 1. The van der Waals surface area contributed by atoms with Gasteiger partial charge in [-0.3, -0.25) is 0 Å². The fraction of sp³-hybridized carbons (Fsp3) is 0.0204. The summed E-state index contributed by atoms with van der Waals surface area (Å²) in [5.41, 5.74) is 16.7. The van der Waals surface area contributed by atoms with Crippen molar-refractivity contribution in [3.05, 3.63) is 199 Å².